The Labute approximate surface area is 129 Å². The molecule has 3 rings (SSSR count). The first-order chi connectivity index (χ1) is 10.2. The van der Waals surface area contributed by atoms with E-state index >= 15 is 0 Å². The first kappa shape index (κ1) is 13.9. The second-order valence-corrected chi connectivity index (χ2v) is 5.75. The molecule has 0 radical (unpaired) electrons. The minimum absolute atomic E-state index is 0.144. The molecule has 21 heavy (non-hydrogen) atoms. The first-order valence-electron chi connectivity index (χ1n) is 7.00. The Morgan fingerprint density at radius 2 is 1.81 bits per heavy atom. The Balaban J connectivity index is 1.92. The van der Waals surface area contributed by atoms with Crippen LogP contribution in [0.4, 0.5) is 0 Å². The van der Waals surface area contributed by atoms with Gasteiger partial charge in [-0.2, -0.15) is 5.26 Å². The van der Waals surface area contributed by atoms with Gasteiger partial charge in [0.2, 0.25) is 0 Å². The molecular formula is C18H14ClNO. The standard InChI is InChI=1S/C18H14ClNO/c19-16-8-6-13(7-9-16)17(11-20)18(21)15-5-4-12-2-1-3-14(12)10-15/h4-10,17H,1-3H2. The van der Waals surface area contributed by atoms with Crippen LogP contribution in [0.5, 0.6) is 0 Å². The summed E-state index contributed by atoms with van der Waals surface area (Å²) in [4.78, 5) is 12.6. The molecule has 2 aromatic rings. The van der Waals surface area contributed by atoms with Crippen LogP contribution in [0.2, 0.25) is 5.02 Å². The van der Waals surface area contributed by atoms with E-state index in [4.69, 9.17) is 11.6 Å². The highest BCUT2D eigenvalue weighted by atomic mass is 35.5. The van der Waals surface area contributed by atoms with E-state index in [2.05, 4.69) is 6.07 Å². The van der Waals surface area contributed by atoms with E-state index in [-0.39, 0.29) is 5.78 Å². The lowest BCUT2D eigenvalue weighted by Crippen LogP contribution is -2.11. The van der Waals surface area contributed by atoms with E-state index in [0.29, 0.717) is 16.1 Å². The fraction of sp³-hybridized carbons (Fsp3) is 0.222. The monoisotopic (exact) mass is 295 g/mol. The molecule has 0 amide bonds. The van der Waals surface area contributed by atoms with Gasteiger partial charge in [-0.25, -0.2) is 0 Å². The highest BCUT2D eigenvalue weighted by Crippen LogP contribution is 2.27. The Hall–Kier alpha value is -2.11. The van der Waals surface area contributed by atoms with Crippen LogP contribution in [-0.2, 0) is 12.8 Å². The third kappa shape index (κ3) is 2.70. The van der Waals surface area contributed by atoms with Crippen LogP contribution >= 0.6 is 11.6 Å². The van der Waals surface area contributed by atoms with Gasteiger partial charge in [0.25, 0.3) is 0 Å². The molecule has 0 spiro atoms. The fourth-order valence-corrected chi connectivity index (χ4v) is 2.96. The van der Waals surface area contributed by atoms with Crippen molar-refractivity contribution in [1.29, 1.82) is 5.26 Å². The fourth-order valence-electron chi connectivity index (χ4n) is 2.83. The van der Waals surface area contributed by atoms with Crippen molar-refractivity contribution in [2.75, 3.05) is 0 Å². The quantitative estimate of drug-likeness (QED) is 0.791. The van der Waals surface area contributed by atoms with E-state index in [1.54, 1.807) is 24.3 Å². The summed E-state index contributed by atoms with van der Waals surface area (Å²) in [6.45, 7) is 0. The molecule has 0 aliphatic heterocycles. The second kappa shape index (κ2) is 5.71. The van der Waals surface area contributed by atoms with Crippen LogP contribution in [0.3, 0.4) is 0 Å². The molecule has 0 heterocycles. The normalized spacial score (nSPS) is 14.3. The summed E-state index contributed by atoms with van der Waals surface area (Å²) in [5.74, 6) is -0.920. The van der Waals surface area contributed by atoms with Crippen LogP contribution in [0.1, 0.15) is 39.4 Å². The smallest absolute Gasteiger partial charge is 0.184 e. The van der Waals surface area contributed by atoms with Crippen molar-refractivity contribution in [2.24, 2.45) is 0 Å². The van der Waals surface area contributed by atoms with Crippen LogP contribution in [0, 0.1) is 11.3 Å². The zero-order valence-electron chi connectivity index (χ0n) is 11.5. The molecule has 2 aromatic carbocycles. The van der Waals surface area contributed by atoms with Gasteiger partial charge in [-0.15, -0.1) is 0 Å². The molecule has 0 saturated heterocycles. The maximum Gasteiger partial charge on any atom is 0.184 e. The Morgan fingerprint density at radius 3 is 2.52 bits per heavy atom. The van der Waals surface area contributed by atoms with Crippen molar-refractivity contribution in [3.05, 3.63) is 69.7 Å². The topological polar surface area (TPSA) is 40.9 Å². The number of Topliss-reactive ketones (excluding diaryl/α,β-unsaturated/α-hetero) is 1. The first-order valence-corrected chi connectivity index (χ1v) is 7.38. The Kier molecular flexibility index (Phi) is 3.77. The second-order valence-electron chi connectivity index (χ2n) is 5.31. The molecule has 2 nitrogen and oxygen atoms in total. The minimum Gasteiger partial charge on any atom is -0.292 e. The lowest BCUT2D eigenvalue weighted by molar-refractivity contribution is 0.0979. The Bertz CT molecular complexity index is 728. The maximum absolute atomic E-state index is 12.6. The van der Waals surface area contributed by atoms with Crippen molar-refractivity contribution in [3.63, 3.8) is 0 Å². The van der Waals surface area contributed by atoms with Gasteiger partial charge in [0.05, 0.1) is 6.07 Å². The maximum atomic E-state index is 12.6. The summed E-state index contributed by atoms with van der Waals surface area (Å²) in [5, 5.41) is 9.97. The number of carbonyl (C=O) groups is 1. The van der Waals surface area contributed by atoms with E-state index in [9.17, 15) is 10.1 Å². The van der Waals surface area contributed by atoms with Crippen LogP contribution < -0.4 is 0 Å². The average Bonchev–Trinajstić information content (AvgIpc) is 2.97. The molecule has 1 unspecified atom stereocenters. The van der Waals surface area contributed by atoms with Crippen molar-refractivity contribution in [1.82, 2.24) is 0 Å². The van der Waals surface area contributed by atoms with Gasteiger partial charge in [-0.1, -0.05) is 35.9 Å². The molecule has 104 valence electrons. The summed E-state index contributed by atoms with van der Waals surface area (Å²) in [5.41, 5.74) is 3.88. The molecule has 1 atom stereocenters. The van der Waals surface area contributed by atoms with Gasteiger partial charge in [-0.3, -0.25) is 4.79 Å². The van der Waals surface area contributed by atoms with Gasteiger partial charge >= 0.3 is 0 Å². The number of benzene rings is 2. The number of ketones is 1. The van der Waals surface area contributed by atoms with Gasteiger partial charge in [0.15, 0.2) is 5.78 Å². The number of halogens is 1. The van der Waals surface area contributed by atoms with Gasteiger partial charge in [0, 0.05) is 10.6 Å². The average molecular weight is 296 g/mol. The number of aryl methyl sites for hydroxylation is 2. The number of hydrogen-bond donors (Lipinski definition) is 0. The molecule has 3 heteroatoms. The number of hydrogen-bond acceptors (Lipinski definition) is 2. The minimum atomic E-state index is -0.776. The molecule has 0 saturated carbocycles. The number of fused-ring (bicyclic) bond motifs is 1. The molecule has 0 N–H and O–H groups in total. The molecular weight excluding hydrogens is 282 g/mol. The summed E-state index contributed by atoms with van der Waals surface area (Å²) < 4.78 is 0. The van der Waals surface area contributed by atoms with E-state index < -0.39 is 5.92 Å². The summed E-state index contributed by atoms with van der Waals surface area (Å²) in [6.07, 6.45) is 3.25. The highest BCUT2D eigenvalue weighted by Gasteiger charge is 2.23. The third-order valence-corrected chi connectivity index (χ3v) is 4.23. The molecule has 0 bridgehead atoms. The SMILES string of the molecule is N#CC(C(=O)c1ccc2c(c1)CCC2)c1ccc(Cl)cc1. The van der Waals surface area contributed by atoms with Gasteiger partial charge < -0.3 is 0 Å². The highest BCUT2D eigenvalue weighted by molar-refractivity contribution is 6.30. The molecule has 1 aliphatic carbocycles. The lowest BCUT2D eigenvalue weighted by atomic mass is 9.90. The molecule has 0 fully saturated rings. The van der Waals surface area contributed by atoms with E-state index in [1.807, 2.05) is 18.2 Å². The molecule has 1 aliphatic rings. The van der Waals surface area contributed by atoms with Crippen LogP contribution in [0.15, 0.2) is 42.5 Å². The number of nitriles is 1. The van der Waals surface area contributed by atoms with Crippen LogP contribution in [-0.4, -0.2) is 5.78 Å². The molecule has 0 aromatic heterocycles. The summed E-state index contributed by atoms with van der Waals surface area (Å²) >= 11 is 5.85. The van der Waals surface area contributed by atoms with Crippen molar-refractivity contribution < 1.29 is 4.79 Å². The van der Waals surface area contributed by atoms with E-state index in [1.165, 1.54) is 11.1 Å². The predicted octanol–water partition coefficient (Wildman–Crippen LogP) is 4.32. The van der Waals surface area contributed by atoms with Crippen molar-refractivity contribution in [2.45, 2.75) is 25.2 Å². The zero-order chi connectivity index (χ0) is 14.8. The summed E-state index contributed by atoms with van der Waals surface area (Å²) in [6, 6.07) is 14.8. The van der Waals surface area contributed by atoms with E-state index in [0.717, 1.165) is 19.3 Å². The largest absolute Gasteiger partial charge is 0.292 e. The van der Waals surface area contributed by atoms with Crippen LogP contribution in [0.25, 0.3) is 0 Å². The van der Waals surface area contributed by atoms with Crippen molar-refractivity contribution >= 4 is 17.4 Å². The van der Waals surface area contributed by atoms with Gasteiger partial charge in [-0.05, 0) is 54.2 Å². The predicted molar refractivity (Wildman–Crippen MR) is 82.6 cm³/mol. The summed E-state index contributed by atoms with van der Waals surface area (Å²) in [7, 11) is 0. The van der Waals surface area contributed by atoms with Crippen molar-refractivity contribution in [3.8, 4) is 6.07 Å². The number of carbonyl (C=O) groups excluding carboxylic acids is 1. The third-order valence-electron chi connectivity index (χ3n) is 3.98. The lowest BCUT2D eigenvalue weighted by Gasteiger charge is -2.10. The zero-order valence-corrected chi connectivity index (χ0v) is 12.2. The number of nitrogens with zero attached hydrogens (tertiary/aromatic N) is 1. The van der Waals surface area contributed by atoms with Gasteiger partial charge in [0.1, 0.15) is 5.92 Å². The Morgan fingerprint density at radius 1 is 1.10 bits per heavy atom. The number of rotatable bonds is 3.